The highest BCUT2D eigenvalue weighted by molar-refractivity contribution is 9.10. The number of halogens is 1. The minimum atomic E-state index is 0.107. The molecule has 1 heterocycles. The first-order valence-electron chi connectivity index (χ1n) is 8.34. The number of benzene rings is 2. The van der Waals surface area contributed by atoms with E-state index in [1.165, 1.54) is 0 Å². The lowest BCUT2D eigenvalue weighted by Gasteiger charge is -2.33. The highest BCUT2D eigenvalue weighted by Gasteiger charge is 2.25. The Morgan fingerprint density at radius 2 is 1.96 bits per heavy atom. The lowest BCUT2D eigenvalue weighted by atomic mass is 10.0. The molecular weight excluding hydrogens is 366 g/mol. The molecular formula is C20H22BrNO2. The summed E-state index contributed by atoms with van der Waals surface area (Å²) in [5.74, 6) is 0.116. The summed E-state index contributed by atoms with van der Waals surface area (Å²) < 4.78 is 7.11. The summed E-state index contributed by atoms with van der Waals surface area (Å²) in [7, 11) is 0. The van der Waals surface area contributed by atoms with Crippen molar-refractivity contribution in [3.8, 4) is 0 Å². The largest absolute Gasteiger partial charge is 0.372 e. The predicted octanol–water partition coefficient (Wildman–Crippen LogP) is 4.58. The molecule has 1 aliphatic heterocycles. The molecule has 0 N–H and O–H groups in total. The maximum Gasteiger partial charge on any atom is 0.254 e. The molecule has 1 saturated heterocycles. The average Bonchev–Trinajstić information content (AvgIpc) is 2.61. The number of rotatable bonds is 4. The first-order chi connectivity index (χ1) is 11.6. The average molecular weight is 388 g/mol. The zero-order valence-electron chi connectivity index (χ0n) is 13.9. The third kappa shape index (κ3) is 4.25. The second-order valence-electron chi connectivity index (χ2n) is 6.27. The van der Waals surface area contributed by atoms with Gasteiger partial charge in [-0.1, -0.05) is 46.3 Å². The van der Waals surface area contributed by atoms with Gasteiger partial charge in [-0.05, 0) is 49.1 Å². The van der Waals surface area contributed by atoms with Crippen LogP contribution in [0.1, 0.15) is 34.3 Å². The standard InChI is InChI=1S/C20H22BrNO2/c1-15-5-2-3-7-19(15)20(23)22-12-4-6-18(13-22)24-14-16-8-10-17(21)11-9-16/h2-3,5,7-11,18H,4,6,12-14H2,1H3. The van der Waals surface area contributed by atoms with E-state index in [4.69, 9.17) is 4.74 Å². The predicted molar refractivity (Wildman–Crippen MR) is 99.0 cm³/mol. The topological polar surface area (TPSA) is 29.5 Å². The van der Waals surface area contributed by atoms with Gasteiger partial charge in [0.05, 0.1) is 12.7 Å². The van der Waals surface area contributed by atoms with E-state index >= 15 is 0 Å². The number of aryl methyl sites for hydroxylation is 1. The Balaban J connectivity index is 1.59. The van der Waals surface area contributed by atoms with E-state index < -0.39 is 0 Å². The highest BCUT2D eigenvalue weighted by atomic mass is 79.9. The number of amides is 1. The van der Waals surface area contributed by atoms with Crippen LogP contribution in [-0.4, -0.2) is 30.0 Å². The number of ether oxygens (including phenoxy) is 1. The normalized spacial score (nSPS) is 17.8. The maximum atomic E-state index is 12.7. The molecule has 2 aromatic rings. The summed E-state index contributed by atoms with van der Waals surface area (Å²) in [6.45, 7) is 4.05. The second kappa shape index (κ2) is 7.95. The second-order valence-corrected chi connectivity index (χ2v) is 7.18. The zero-order valence-corrected chi connectivity index (χ0v) is 15.5. The van der Waals surface area contributed by atoms with Crippen LogP contribution in [0.25, 0.3) is 0 Å². The summed E-state index contributed by atoms with van der Waals surface area (Å²) in [6.07, 6.45) is 2.10. The zero-order chi connectivity index (χ0) is 16.9. The monoisotopic (exact) mass is 387 g/mol. The van der Waals surface area contributed by atoms with Crippen molar-refractivity contribution in [2.24, 2.45) is 0 Å². The van der Waals surface area contributed by atoms with E-state index in [-0.39, 0.29) is 12.0 Å². The number of carbonyl (C=O) groups is 1. The Bertz CT molecular complexity index is 699. The molecule has 1 amide bonds. The Kier molecular flexibility index (Phi) is 5.69. The van der Waals surface area contributed by atoms with Crippen LogP contribution in [0.5, 0.6) is 0 Å². The molecule has 126 valence electrons. The Morgan fingerprint density at radius 3 is 2.71 bits per heavy atom. The van der Waals surface area contributed by atoms with Crippen molar-refractivity contribution < 1.29 is 9.53 Å². The van der Waals surface area contributed by atoms with E-state index in [2.05, 4.69) is 28.1 Å². The third-order valence-corrected chi connectivity index (χ3v) is 4.97. The maximum absolute atomic E-state index is 12.7. The fourth-order valence-electron chi connectivity index (χ4n) is 3.04. The van der Waals surface area contributed by atoms with E-state index in [1.54, 1.807) is 0 Å². The van der Waals surface area contributed by atoms with Gasteiger partial charge in [0, 0.05) is 23.1 Å². The van der Waals surface area contributed by atoms with Crippen LogP contribution in [0.15, 0.2) is 53.0 Å². The summed E-state index contributed by atoms with van der Waals surface area (Å²) in [5.41, 5.74) is 2.98. The molecule has 0 aliphatic carbocycles. The molecule has 1 fully saturated rings. The smallest absolute Gasteiger partial charge is 0.254 e. The van der Waals surface area contributed by atoms with Gasteiger partial charge in [0.1, 0.15) is 0 Å². The summed E-state index contributed by atoms with van der Waals surface area (Å²) in [6, 6.07) is 15.9. The van der Waals surface area contributed by atoms with Crippen LogP contribution in [0, 0.1) is 6.92 Å². The van der Waals surface area contributed by atoms with E-state index in [9.17, 15) is 4.79 Å². The number of nitrogens with zero attached hydrogens (tertiary/aromatic N) is 1. The van der Waals surface area contributed by atoms with Crippen molar-refractivity contribution in [2.45, 2.75) is 32.5 Å². The van der Waals surface area contributed by atoms with Crippen molar-refractivity contribution in [1.82, 2.24) is 4.90 Å². The lowest BCUT2D eigenvalue weighted by Crippen LogP contribution is -2.43. The molecule has 1 aliphatic rings. The lowest BCUT2D eigenvalue weighted by molar-refractivity contribution is -0.00675. The van der Waals surface area contributed by atoms with Crippen LogP contribution in [-0.2, 0) is 11.3 Å². The molecule has 2 aromatic carbocycles. The van der Waals surface area contributed by atoms with Crippen LogP contribution < -0.4 is 0 Å². The van der Waals surface area contributed by atoms with Crippen molar-refractivity contribution in [1.29, 1.82) is 0 Å². The first-order valence-corrected chi connectivity index (χ1v) is 9.14. The van der Waals surface area contributed by atoms with Gasteiger partial charge in [-0.25, -0.2) is 0 Å². The van der Waals surface area contributed by atoms with Crippen LogP contribution in [0.3, 0.4) is 0 Å². The fraction of sp³-hybridized carbons (Fsp3) is 0.350. The van der Waals surface area contributed by atoms with Crippen LogP contribution in [0.4, 0.5) is 0 Å². The molecule has 0 saturated carbocycles. The minimum absolute atomic E-state index is 0.107. The van der Waals surface area contributed by atoms with Gasteiger partial charge in [-0.15, -0.1) is 0 Å². The van der Waals surface area contributed by atoms with Gasteiger partial charge in [0.15, 0.2) is 0 Å². The molecule has 0 spiro atoms. The van der Waals surface area contributed by atoms with Crippen LogP contribution in [0.2, 0.25) is 0 Å². The van der Waals surface area contributed by atoms with Crippen molar-refractivity contribution >= 4 is 21.8 Å². The molecule has 0 radical (unpaired) electrons. The summed E-state index contributed by atoms with van der Waals surface area (Å²) in [5, 5.41) is 0. The van der Waals surface area contributed by atoms with Gasteiger partial charge in [-0.2, -0.15) is 0 Å². The molecule has 3 nitrogen and oxygen atoms in total. The van der Waals surface area contributed by atoms with Crippen molar-refractivity contribution in [2.75, 3.05) is 13.1 Å². The van der Waals surface area contributed by atoms with Crippen molar-refractivity contribution in [3.05, 3.63) is 69.7 Å². The molecule has 1 atom stereocenters. The Morgan fingerprint density at radius 1 is 1.21 bits per heavy atom. The molecule has 3 rings (SSSR count). The van der Waals surface area contributed by atoms with Crippen molar-refractivity contribution in [3.63, 3.8) is 0 Å². The number of carbonyl (C=O) groups excluding carboxylic acids is 1. The molecule has 4 heteroatoms. The van der Waals surface area contributed by atoms with Crippen LogP contribution >= 0.6 is 15.9 Å². The summed E-state index contributed by atoms with van der Waals surface area (Å²) in [4.78, 5) is 14.7. The number of piperidine rings is 1. The molecule has 0 bridgehead atoms. The SMILES string of the molecule is Cc1ccccc1C(=O)N1CCCC(OCc2ccc(Br)cc2)C1. The molecule has 1 unspecified atom stereocenters. The van der Waals surface area contributed by atoms with Gasteiger partial charge in [-0.3, -0.25) is 4.79 Å². The molecule has 0 aromatic heterocycles. The first kappa shape index (κ1) is 17.2. The van der Waals surface area contributed by atoms with Gasteiger partial charge in [0.2, 0.25) is 0 Å². The van der Waals surface area contributed by atoms with Gasteiger partial charge < -0.3 is 9.64 Å². The van der Waals surface area contributed by atoms with Gasteiger partial charge in [0.25, 0.3) is 5.91 Å². The number of likely N-dealkylation sites (tertiary alicyclic amines) is 1. The third-order valence-electron chi connectivity index (χ3n) is 4.44. The van der Waals surface area contributed by atoms with E-state index in [0.29, 0.717) is 13.2 Å². The van der Waals surface area contributed by atoms with E-state index in [1.807, 2.05) is 48.2 Å². The van der Waals surface area contributed by atoms with E-state index in [0.717, 1.165) is 40.5 Å². The summed E-state index contributed by atoms with van der Waals surface area (Å²) >= 11 is 3.44. The Labute approximate surface area is 151 Å². The number of hydrogen-bond acceptors (Lipinski definition) is 2. The highest BCUT2D eigenvalue weighted by Crippen LogP contribution is 2.19. The van der Waals surface area contributed by atoms with Gasteiger partial charge >= 0.3 is 0 Å². The fourth-order valence-corrected chi connectivity index (χ4v) is 3.30. The Hall–Kier alpha value is -1.65. The molecule has 24 heavy (non-hydrogen) atoms. The minimum Gasteiger partial charge on any atom is -0.372 e. The number of hydrogen-bond donors (Lipinski definition) is 0. The quantitative estimate of drug-likeness (QED) is 0.768.